The molecule has 0 spiro atoms. The topological polar surface area (TPSA) is 20.2 Å². The first-order chi connectivity index (χ1) is 10.1. The van der Waals surface area contributed by atoms with Crippen LogP contribution in [0.4, 0.5) is 0 Å². The van der Waals surface area contributed by atoms with Crippen molar-refractivity contribution in [2.75, 3.05) is 5.88 Å². The Kier molecular flexibility index (Phi) is 6.13. The Bertz CT molecular complexity index is 617. The van der Waals surface area contributed by atoms with Crippen molar-refractivity contribution in [3.05, 3.63) is 69.2 Å². The summed E-state index contributed by atoms with van der Waals surface area (Å²) in [7, 11) is 0. The van der Waals surface area contributed by atoms with Gasteiger partial charge in [-0.25, -0.2) is 0 Å². The summed E-state index contributed by atoms with van der Waals surface area (Å²) in [6, 6.07) is 13.3. The maximum absolute atomic E-state index is 9.60. The first-order valence-electron chi connectivity index (χ1n) is 6.55. The molecular formula is C17H15Cl3O. The first-order valence-corrected chi connectivity index (χ1v) is 7.84. The fourth-order valence-electron chi connectivity index (χ4n) is 2.00. The van der Waals surface area contributed by atoms with Crippen molar-refractivity contribution < 1.29 is 5.11 Å². The standard InChI is InChI=1S/C17H15Cl3O/c18-11-14(21)10-13-4-1-3-12(9-13)7-8-15-16(19)5-2-6-17(15)20/h1-9,14,21H,10-11H2/t14-/m1/s1. The van der Waals surface area contributed by atoms with Gasteiger partial charge in [-0.3, -0.25) is 0 Å². The number of aliphatic hydroxyl groups is 1. The van der Waals surface area contributed by atoms with Gasteiger partial charge in [0.2, 0.25) is 0 Å². The van der Waals surface area contributed by atoms with E-state index in [1.54, 1.807) is 12.1 Å². The second-order valence-electron chi connectivity index (χ2n) is 4.73. The van der Waals surface area contributed by atoms with Crippen molar-refractivity contribution in [1.82, 2.24) is 0 Å². The molecule has 21 heavy (non-hydrogen) atoms. The molecule has 0 bridgehead atoms. The van der Waals surface area contributed by atoms with Gasteiger partial charge < -0.3 is 5.11 Å². The van der Waals surface area contributed by atoms with Gasteiger partial charge in [0.15, 0.2) is 0 Å². The minimum absolute atomic E-state index is 0.231. The minimum Gasteiger partial charge on any atom is -0.392 e. The van der Waals surface area contributed by atoms with Crippen LogP contribution >= 0.6 is 34.8 Å². The van der Waals surface area contributed by atoms with Crippen molar-refractivity contribution in [3.8, 4) is 0 Å². The zero-order valence-corrected chi connectivity index (χ0v) is 13.5. The summed E-state index contributed by atoms with van der Waals surface area (Å²) in [5.74, 6) is 0.231. The lowest BCUT2D eigenvalue weighted by Gasteiger charge is -2.07. The van der Waals surface area contributed by atoms with Crippen molar-refractivity contribution in [2.45, 2.75) is 12.5 Å². The van der Waals surface area contributed by atoms with Crippen LogP contribution in [0.15, 0.2) is 42.5 Å². The predicted octanol–water partition coefficient (Wildman–Crippen LogP) is 5.31. The van der Waals surface area contributed by atoms with Crippen LogP contribution < -0.4 is 0 Å². The molecule has 1 nitrogen and oxygen atoms in total. The summed E-state index contributed by atoms with van der Waals surface area (Å²) >= 11 is 17.9. The first kappa shape index (κ1) is 16.4. The average molecular weight is 342 g/mol. The number of benzene rings is 2. The fourth-order valence-corrected chi connectivity index (χ4v) is 2.63. The van der Waals surface area contributed by atoms with Crippen LogP contribution in [0.25, 0.3) is 12.2 Å². The van der Waals surface area contributed by atoms with Gasteiger partial charge in [0, 0.05) is 21.5 Å². The van der Waals surface area contributed by atoms with Gasteiger partial charge in [-0.1, -0.05) is 65.7 Å². The summed E-state index contributed by atoms with van der Waals surface area (Å²) in [4.78, 5) is 0. The van der Waals surface area contributed by atoms with E-state index in [4.69, 9.17) is 34.8 Å². The van der Waals surface area contributed by atoms with E-state index in [-0.39, 0.29) is 5.88 Å². The normalized spacial score (nSPS) is 12.8. The molecule has 0 radical (unpaired) electrons. The summed E-state index contributed by atoms with van der Waals surface area (Å²) in [5.41, 5.74) is 2.85. The number of hydrogen-bond donors (Lipinski definition) is 1. The second kappa shape index (κ2) is 7.86. The summed E-state index contributed by atoms with van der Waals surface area (Å²) in [6.07, 6.45) is 3.85. The maximum atomic E-state index is 9.60. The molecule has 0 aliphatic carbocycles. The van der Waals surface area contributed by atoms with Crippen molar-refractivity contribution in [1.29, 1.82) is 0 Å². The molecule has 2 aromatic carbocycles. The van der Waals surface area contributed by atoms with E-state index in [0.717, 1.165) is 16.7 Å². The molecule has 1 atom stereocenters. The summed E-state index contributed by atoms with van der Waals surface area (Å²) < 4.78 is 0. The van der Waals surface area contributed by atoms with Crippen LogP contribution in [0.1, 0.15) is 16.7 Å². The van der Waals surface area contributed by atoms with Crippen molar-refractivity contribution in [3.63, 3.8) is 0 Å². The predicted molar refractivity (Wildman–Crippen MR) is 92.3 cm³/mol. The molecule has 2 rings (SSSR count). The van der Waals surface area contributed by atoms with Crippen LogP contribution in [0.5, 0.6) is 0 Å². The molecule has 0 fully saturated rings. The molecular weight excluding hydrogens is 327 g/mol. The van der Waals surface area contributed by atoms with Gasteiger partial charge in [0.1, 0.15) is 0 Å². The van der Waals surface area contributed by atoms with Crippen molar-refractivity contribution in [2.24, 2.45) is 0 Å². The molecule has 0 aliphatic heterocycles. The summed E-state index contributed by atoms with van der Waals surface area (Å²) in [5, 5.41) is 10.8. The van der Waals surface area contributed by atoms with E-state index >= 15 is 0 Å². The highest BCUT2D eigenvalue weighted by atomic mass is 35.5. The monoisotopic (exact) mass is 340 g/mol. The van der Waals surface area contributed by atoms with Crippen molar-refractivity contribution >= 4 is 47.0 Å². The highest BCUT2D eigenvalue weighted by Gasteiger charge is 2.04. The molecule has 2 aromatic rings. The van der Waals surface area contributed by atoms with Gasteiger partial charge in [0.05, 0.1) is 6.10 Å². The Morgan fingerprint density at radius 2 is 1.67 bits per heavy atom. The number of halogens is 3. The van der Waals surface area contributed by atoms with Gasteiger partial charge in [-0.2, -0.15) is 0 Å². The third-order valence-electron chi connectivity index (χ3n) is 3.04. The third kappa shape index (κ3) is 4.76. The molecule has 0 amide bonds. The molecule has 4 heteroatoms. The van der Waals surface area contributed by atoms with Crippen LogP contribution in [0, 0.1) is 0 Å². The molecule has 0 saturated heterocycles. The van der Waals surface area contributed by atoms with E-state index in [9.17, 15) is 5.11 Å². The number of alkyl halides is 1. The molecule has 110 valence electrons. The maximum Gasteiger partial charge on any atom is 0.0715 e. The average Bonchev–Trinajstić information content (AvgIpc) is 2.47. The fraction of sp³-hybridized carbons (Fsp3) is 0.176. The van der Waals surface area contributed by atoms with Gasteiger partial charge in [0.25, 0.3) is 0 Å². The highest BCUT2D eigenvalue weighted by molar-refractivity contribution is 6.37. The van der Waals surface area contributed by atoms with Crippen LogP contribution in [-0.2, 0) is 6.42 Å². The van der Waals surface area contributed by atoms with Gasteiger partial charge in [-0.15, -0.1) is 11.6 Å². The summed E-state index contributed by atoms with van der Waals surface area (Å²) in [6.45, 7) is 0. The zero-order chi connectivity index (χ0) is 15.2. The molecule has 0 unspecified atom stereocenters. The Labute approximate surface area is 139 Å². The lowest BCUT2D eigenvalue weighted by Crippen LogP contribution is -2.11. The van der Waals surface area contributed by atoms with Gasteiger partial charge in [-0.05, 0) is 29.7 Å². The largest absolute Gasteiger partial charge is 0.392 e. The molecule has 1 N–H and O–H groups in total. The molecule has 0 saturated carbocycles. The number of aliphatic hydroxyl groups excluding tert-OH is 1. The van der Waals surface area contributed by atoms with E-state index in [2.05, 4.69) is 0 Å². The SMILES string of the molecule is O[C@@H](CCl)Cc1cccc(C=Cc2c(Cl)cccc2Cl)c1. The van der Waals surface area contributed by atoms with Crippen LogP contribution in [-0.4, -0.2) is 17.1 Å². The lowest BCUT2D eigenvalue weighted by molar-refractivity contribution is 0.199. The second-order valence-corrected chi connectivity index (χ2v) is 5.85. The molecule has 0 aliphatic rings. The van der Waals surface area contributed by atoms with E-state index in [1.165, 1.54) is 0 Å². The number of hydrogen-bond acceptors (Lipinski definition) is 1. The molecule has 0 aromatic heterocycles. The van der Waals surface area contributed by atoms with E-state index in [0.29, 0.717) is 16.5 Å². The minimum atomic E-state index is -0.524. The quantitative estimate of drug-likeness (QED) is 0.577. The smallest absolute Gasteiger partial charge is 0.0715 e. The lowest BCUT2D eigenvalue weighted by atomic mass is 10.0. The molecule has 0 heterocycles. The Hall–Kier alpha value is -0.990. The van der Waals surface area contributed by atoms with E-state index < -0.39 is 6.10 Å². The Morgan fingerprint density at radius 1 is 1.00 bits per heavy atom. The van der Waals surface area contributed by atoms with E-state index in [1.807, 2.05) is 42.5 Å². The Balaban J connectivity index is 2.19. The zero-order valence-electron chi connectivity index (χ0n) is 11.3. The highest BCUT2D eigenvalue weighted by Crippen LogP contribution is 2.26. The third-order valence-corrected chi connectivity index (χ3v) is 4.06. The van der Waals surface area contributed by atoms with Crippen LogP contribution in [0.2, 0.25) is 10.0 Å². The van der Waals surface area contributed by atoms with Gasteiger partial charge >= 0.3 is 0 Å². The number of rotatable bonds is 5. The Morgan fingerprint density at radius 3 is 2.33 bits per heavy atom. The van der Waals surface area contributed by atoms with Crippen LogP contribution in [0.3, 0.4) is 0 Å².